The van der Waals surface area contributed by atoms with Crippen molar-refractivity contribution < 1.29 is 0 Å². The van der Waals surface area contributed by atoms with Crippen molar-refractivity contribution in [1.82, 2.24) is 20.4 Å². The second-order valence-corrected chi connectivity index (χ2v) is 5.72. The highest BCUT2D eigenvalue weighted by atomic mass is 127. The van der Waals surface area contributed by atoms with E-state index in [1.807, 2.05) is 30.2 Å². The first-order valence-electron chi connectivity index (χ1n) is 7.72. The van der Waals surface area contributed by atoms with Crippen LogP contribution in [0.3, 0.4) is 0 Å². The summed E-state index contributed by atoms with van der Waals surface area (Å²) < 4.78 is 1.96. The largest absolute Gasteiger partial charge is 0.356 e. The number of aromatic nitrogens is 2. The van der Waals surface area contributed by atoms with Crippen LogP contribution in [0.2, 0.25) is 0 Å². The first-order chi connectivity index (χ1) is 9.78. The summed E-state index contributed by atoms with van der Waals surface area (Å²) >= 11 is 0. The molecule has 1 aliphatic rings. The van der Waals surface area contributed by atoms with E-state index in [1.54, 1.807) is 0 Å². The van der Waals surface area contributed by atoms with Gasteiger partial charge in [-0.2, -0.15) is 5.10 Å². The van der Waals surface area contributed by atoms with Gasteiger partial charge < -0.3 is 10.6 Å². The minimum absolute atomic E-state index is 0. The van der Waals surface area contributed by atoms with E-state index in [1.165, 1.54) is 25.7 Å². The van der Waals surface area contributed by atoms with Gasteiger partial charge >= 0.3 is 0 Å². The Morgan fingerprint density at radius 1 is 1.33 bits per heavy atom. The molecule has 21 heavy (non-hydrogen) atoms. The molecule has 0 aromatic carbocycles. The monoisotopic (exact) mass is 405 g/mol. The van der Waals surface area contributed by atoms with Crippen LogP contribution in [0.15, 0.2) is 23.5 Å². The van der Waals surface area contributed by atoms with E-state index in [4.69, 9.17) is 0 Å². The standard InChI is InChI=1S/C15H27N5.HI/c1-13-5-7-14(8-6-13)19-15(16-2)17-9-3-11-20-12-4-10-18-20;/h4,10,12-14H,3,5-9,11H2,1-2H3,(H2,16,17,19);1H. The zero-order valence-corrected chi connectivity index (χ0v) is 15.4. The van der Waals surface area contributed by atoms with Crippen molar-refractivity contribution in [2.75, 3.05) is 13.6 Å². The van der Waals surface area contributed by atoms with Gasteiger partial charge in [0.1, 0.15) is 0 Å². The maximum Gasteiger partial charge on any atom is 0.191 e. The summed E-state index contributed by atoms with van der Waals surface area (Å²) in [6.45, 7) is 4.21. The highest BCUT2D eigenvalue weighted by Gasteiger charge is 2.18. The van der Waals surface area contributed by atoms with Crippen molar-refractivity contribution in [3.05, 3.63) is 18.5 Å². The summed E-state index contributed by atoms with van der Waals surface area (Å²) in [5.74, 6) is 1.82. The molecule has 1 aliphatic carbocycles. The Kier molecular flexibility index (Phi) is 8.72. The topological polar surface area (TPSA) is 54.2 Å². The molecule has 0 atom stereocenters. The van der Waals surface area contributed by atoms with Gasteiger partial charge in [-0.15, -0.1) is 24.0 Å². The molecule has 1 aromatic heterocycles. The molecule has 0 amide bonds. The van der Waals surface area contributed by atoms with Crippen LogP contribution in [0.5, 0.6) is 0 Å². The van der Waals surface area contributed by atoms with Crippen molar-refractivity contribution in [2.24, 2.45) is 10.9 Å². The molecule has 2 N–H and O–H groups in total. The molecule has 1 aromatic rings. The zero-order chi connectivity index (χ0) is 14.2. The first-order valence-corrected chi connectivity index (χ1v) is 7.72. The van der Waals surface area contributed by atoms with Crippen LogP contribution in [0.4, 0.5) is 0 Å². The molecule has 0 saturated heterocycles. The van der Waals surface area contributed by atoms with Crippen molar-refractivity contribution in [2.45, 2.75) is 51.6 Å². The van der Waals surface area contributed by atoms with Gasteiger partial charge in [-0.25, -0.2) is 0 Å². The Balaban J connectivity index is 0.00000220. The SMILES string of the molecule is CN=C(NCCCn1cccn1)NC1CCC(C)CC1.I. The lowest BCUT2D eigenvalue weighted by Crippen LogP contribution is -2.45. The minimum Gasteiger partial charge on any atom is -0.356 e. The van der Waals surface area contributed by atoms with E-state index < -0.39 is 0 Å². The predicted molar refractivity (Wildman–Crippen MR) is 98.2 cm³/mol. The van der Waals surface area contributed by atoms with Gasteiger partial charge in [0, 0.05) is 38.6 Å². The minimum atomic E-state index is 0. The summed E-state index contributed by atoms with van der Waals surface area (Å²) in [6, 6.07) is 2.54. The van der Waals surface area contributed by atoms with Crippen molar-refractivity contribution in [3.63, 3.8) is 0 Å². The molecule has 0 radical (unpaired) electrons. The molecular weight excluding hydrogens is 377 g/mol. The van der Waals surface area contributed by atoms with Gasteiger partial charge in [-0.05, 0) is 44.1 Å². The van der Waals surface area contributed by atoms with E-state index in [-0.39, 0.29) is 24.0 Å². The van der Waals surface area contributed by atoms with E-state index >= 15 is 0 Å². The Morgan fingerprint density at radius 3 is 2.71 bits per heavy atom. The van der Waals surface area contributed by atoms with Gasteiger partial charge in [0.25, 0.3) is 0 Å². The maximum absolute atomic E-state index is 4.31. The number of aliphatic imine (C=N–C) groups is 1. The van der Waals surface area contributed by atoms with Crippen LogP contribution in [0.25, 0.3) is 0 Å². The molecular formula is C15H28IN5. The molecule has 2 rings (SSSR count). The number of nitrogens with zero attached hydrogens (tertiary/aromatic N) is 3. The van der Waals surface area contributed by atoms with Crippen LogP contribution >= 0.6 is 24.0 Å². The van der Waals surface area contributed by atoms with Gasteiger partial charge in [0.2, 0.25) is 0 Å². The van der Waals surface area contributed by atoms with E-state index in [2.05, 4.69) is 27.6 Å². The van der Waals surface area contributed by atoms with Crippen molar-refractivity contribution >= 4 is 29.9 Å². The molecule has 0 spiro atoms. The Hall–Kier alpha value is -0.790. The Labute approximate surface area is 145 Å². The Morgan fingerprint density at radius 2 is 2.10 bits per heavy atom. The average molecular weight is 405 g/mol. The summed E-state index contributed by atoms with van der Waals surface area (Å²) in [7, 11) is 1.84. The smallest absolute Gasteiger partial charge is 0.191 e. The molecule has 1 saturated carbocycles. The molecule has 1 fully saturated rings. The molecule has 1 heterocycles. The fourth-order valence-electron chi connectivity index (χ4n) is 2.67. The van der Waals surface area contributed by atoms with Gasteiger partial charge in [0.05, 0.1) is 0 Å². The maximum atomic E-state index is 4.31. The number of nitrogens with one attached hydrogen (secondary N) is 2. The number of rotatable bonds is 5. The second kappa shape index (κ2) is 10.0. The normalized spacial score (nSPS) is 22.5. The van der Waals surface area contributed by atoms with Crippen LogP contribution in [-0.2, 0) is 6.54 Å². The molecule has 6 heteroatoms. The third-order valence-corrected chi connectivity index (χ3v) is 4.00. The second-order valence-electron chi connectivity index (χ2n) is 5.72. The summed E-state index contributed by atoms with van der Waals surface area (Å²) in [4.78, 5) is 4.31. The number of hydrogen-bond acceptors (Lipinski definition) is 2. The van der Waals surface area contributed by atoms with Crippen molar-refractivity contribution in [3.8, 4) is 0 Å². The average Bonchev–Trinajstić information content (AvgIpc) is 2.97. The lowest BCUT2D eigenvalue weighted by Gasteiger charge is -2.28. The fourth-order valence-corrected chi connectivity index (χ4v) is 2.67. The number of hydrogen-bond donors (Lipinski definition) is 2. The Bertz CT molecular complexity index is 396. The lowest BCUT2D eigenvalue weighted by atomic mass is 9.87. The van der Waals surface area contributed by atoms with E-state index in [0.29, 0.717) is 6.04 Å². The number of aryl methyl sites for hydroxylation is 1. The summed E-state index contributed by atoms with van der Waals surface area (Å²) in [6.07, 6.45) is 10.0. The summed E-state index contributed by atoms with van der Waals surface area (Å²) in [5, 5.41) is 11.1. The molecule has 0 unspecified atom stereocenters. The summed E-state index contributed by atoms with van der Waals surface area (Å²) in [5.41, 5.74) is 0. The highest BCUT2D eigenvalue weighted by molar-refractivity contribution is 14.0. The zero-order valence-electron chi connectivity index (χ0n) is 13.1. The van der Waals surface area contributed by atoms with Gasteiger partial charge in [-0.3, -0.25) is 9.67 Å². The molecule has 5 nitrogen and oxygen atoms in total. The first kappa shape index (κ1) is 18.3. The molecule has 0 bridgehead atoms. The van der Waals surface area contributed by atoms with Crippen LogP contribution in [-0.4, -0.2) is 35.4 Å². The predicted octanol–water partition coefficient (Wildman–Crippen LogP) is 2.63. The van der Waals surface area contributed by atoms with Crippen LogP contribution < -0.4 is 10.6 Å². The van der Waals surface area contributed by atoms with Gasteiger partial charge in [-0.1, -0.05) is 6.92 Å². The van der Waals surface area contributed by atoms with Crippen LogP contribution in [0.1, 0.15) is 39.0 Å². The lowest BCUT2D eigenvalue weighted by molar-refractivity contribution is 0.329. The van der Waals surface area contributed by atoms with E-state index in [0.717, 1.165) is 31.4 Å². The number of guanidine groups is 1. The fraction of sp³-hybridized carbons (Fsp3) is 0.733. The highest BCUT2D eigenvalue weighted by Crippen LogP contribution is 2.23. The van der Waals surface area contributed by atoms with E-state index in [9.17, 15) is 0 Å². The molecule has 120 valence electrons. The van der Waals surface area contributed by atoms with Gasteiger partial charge in [0.15, 0.2) is 5.96 Å². The van der Waals surface area contributed by atoms with Crippen LogP contribution in [0, 0.1) is 5.92 Å². The molecule has 0 aliphatic heterocycles. The third kappa shape index (κ3) is 6.67. The number of halogens is 1. The third-order valence-electron chi connectivity index (χ3n) is 4.00. The van der Waals surface area contributed by atoms with Crippen molar-refractivity contribution in [1.29, 1.82) is 0 Å². The quantitative estimate of drug-likeness (QED) is 0.343.